The first-order valence-corrected chi connectivity index (χ1v) is 6.96. The minimum Gasteiger partial charge on any atom is -0.346 e. The van der Waals surface area contributed by atoms with Gasteiger partial charge in [0.1, 0.15) is 0 Å². The quantitative estimate of drug-likeness (QED) is 0.931. The van der Waals surface area contributed by atoms with E-state index in [4.69, 9.17) is 5.26 Å². The van der Waals surface area contributed by atoms with Crippen LogP contribution in [0.3, 0.4) is 0 Å². The van der Waals surface area contributed by atoms with Crippen LogP contribution < -0.4 is 5.32 Å². The SMILES string of the molecule is CC(NC(=O)c1ccc(C#N)cc1)c1ccc(Br)cc1. The Morgan fingerprint density at radius 1 is 1.15 bits per heavy atom. The fourth-order valence-corrected chi connectivity index (χ4v) is 2.08. The van der Waals surface area contributed by atoms with Gasteiger partial charge in [0, 0.05) is 10.0 Å². The summed E-state index contributed by atoms with van der Waals surface area (Å²) in [4.78, 5) is 12.1. The normalized spacial score (nSPS) is 11.4. The molecular weight excluding hydrogens is 316 g/mol. The van der Waals surface area contributed by atoms with E-state index in [0.717, 1.165) is 10.0 Å². The number of carbonyl (C=O) groups excluding carboxylic acids is 1. The highest BCUT2D eigenvalue weighted by atomic mass is 79.9. The largest absolute Gasteiger partial charge is 0.346 e. The zero-order valence-electron chi connectivity index (χ0n) is 10.9. The number of carbonyl (C=O) groups is 1. The molecule has 0 spiro atoms. The van der Waals surface area contributed by atoms with Gasteiger partial charge in [-0.2, -0.15) is 5.26 Å². The molecule has 2 rings (SSSR count). The topological polar surface area (TPSA) is 52.9 Å². The van der Waals surface area contributed by atoms with Crippen LogP contribution in [-0.2, 0) is 0 Å². The van der Waals surface area contributed by atoms with E-state index in [0.29, 0.717) is 11.1 Å². The lowest BCUT2D eigenvalue weighted by molar-refractivity contribution is 0.0940. The van der Waals surface area contributed by atoms with Crippen molar-refractivity contribution in [3.8, 4) is 6.07 Å². The summed E-state index contributed by atoms with van der Waals surface area (Å²) in [7, 11) is 0. The highest BCUT2D eigenvalue weighted by Crippen LogP contribution is 2.17. The summed E-state index contributed by atoms with van der Waals surface area (Å²) in [6.07, 6.45) is 0. The standard InChI is InChI=1S/C16H13BrN2O/c1-11(13-6-8-15(17)9-7-13)19-16(20)14-4-2-12(10-18)3-5-14/h2-9,11H,1H3,(H,19,20). The van der Waals surface area contributed by atoms with Crippen LogP contribution in [0.25, 0.3) is 0 Å². The van der Waals surface area contributed by atoms with E-state index in [9.17, 15) is 4.79 Å². The number of nitrogens with one attached hydrogen (secondary N) is 1. The van der Waals surface area contributed by atoms with Crippen molar-refractivity contribution in [1.29, 1.82) is 5.26 Å². The molecule has 0 aliphatic rings. The fraction of sp³-hybridized carbons (Fsp3) is 0.125. The van der Waals surface area contributed by atoms with Crippen molar-refractivity contribution in [2.24, 2.45) is 0 Å². The average Bonchev–Trinajstić information content (AvgIpc) is 2.48. The lowest BCUT2D eigenvalue weighted by Crippen LogP contribution is -2.26. The van der Waals surface area contributed by atoms with E-state index in [-0.39, 0.29) is 11.9 Å². The van der Waals surface area contributed by atoms with E-state index in [1.807, 2.05) is 37.3 Å². The Kier molecular flexibility index (Phi) is 4.54. The summed E-state index contributed by atoms with van der Waals surface area (Å²) < 4.78 is 1.01. The second-order valence-corrected chi connectivity index (χ2v) is 5.35. The molecule has 0 bridgehead atoms. The van der Waals surface area contributed by atoms with Gasteiger partial charge in [-0.3, -0.25) is 4.79 Å². The van der Waals surface area contributed by atoms with Crippen molar-refractivity contribution in [3.05, 3.63) is 69.7 Å². The number of benzene rings is 2. The number of nitrogens with zero attached hydrogens (tertiary/aromatic N) is 1. The molecule has 100 valence electrons. The molecule has 2 aromatic rings. The summed E-state index contributed by atoms with van der Waals surface area (Å²) in [5, 5.41) is 11.7. The summed E-state index contributed by atoms with van der Waals surface area (Å²) >= 11 is 3.38. The smallest absolute Gasteiger partial charge is 0.251 e. The van der Waals surface area contributed by atoms with Crippen molar-refractivity contribution in [3.63, 3.8) is 0 Å². The molecule has 1 amide bonds. The van der Waals surface area contributed by atoms with Gasteiger partial charge in [0.15, 0.2) is 0 Å². The van der Waals surface area contributed by atoms with Crippen LogP contribution in [0.1, 0.15) is 34.5 Å². The van der Waals surface area contributed by atoms with Gasteiger partial charge in [0.2, 0.25) is 0 Å². The Hall–Kier alpha value is -2.12. The number of hydrogen-bond acceptors (Lipinski definition) is 2. The molecule has 0 aliphatic heterocycles. The van der Waals surface area contributed by atoms with E-state index in [1.54, 1.807) is 24.3 Å². The first-order chi connectivity index (χ1) is 9.60. The van der Waals surface area contributed by atoms with Crippen molar-refractivity contribution in [2.45, 2.75) is 13.0 Å². The van der Waals surface area contributed by atoms with Crippen LogP contribution in [0.5, 0.6) is 0 Å². The molecule has 0 heterocycles. The Morgan fingerprint density at radius 2 is 1.75 bits per heavy atom. The molecule has 0 saturated heterocycles. The second-order valence-electron chi connectivity index (χ2n) is 4.44. The third-order valence-corrected chi connectivity index (χ3v) is 3.52. The Bertz CT molecular complexity index is 642. The first kappa shape index (κ1) is 14.3. The molecule has 0 radical (unpaired) electrons. The molecule has 0 aliphatic carbocycles. The van der Waals surface area contributed by atoms with Crippen LogP contribution in [0.15, 0.2) is 53.0 Å². The van der Waals surface area contributed by atoms with Crippen LogP contribution >= 0.6 is 15.9 Å². The predicted octanol–water partition coefficient (Wildman–Crippen LogP) is 3.81. The average molecular weight is 329 g/mol. The van der Waals surface area contributed by atoms with Gasteiger partial charge in [-0.25, -0.2) is 0 Å². The third kappa shape index (κ3) is 3.46. The maximum absolute atomic E-state index is 12.1. The van der Waals surface area contributed by atoms with Crippen molar-refractivity contribution < 1.29 is 4.79 Å². The zero-order valence-corrected chi connectivity index (χ0v) is 12.5. The van der Waals surface area contributed by atoms with E-state index in [1.165, 1.54) is 0 Å². The highest BCUT2D eigenvalue weighted by Gasteiger charge is 2.11. The summed E-state index contributed by atoms with van der Waals surface area (Å²) in [6.45, 7) is 1.94. The van der Waals surface area contributed by atoms with Gasteiger partial charge in [0.05, 0.1) is 17.7 Å². The molecule has 4 heteroatoms. The van der Waals surface area contributed by atoms with Crippen LogP contribution in [0.4, 0.5) is 0 Å². The molecule has 0 fully saturated rings. The molecule has 0 aromatic heterocycles. The molecule has 1 unspecified atom stereocenters. The molecular formula is C16H13BrN2O. The monoisotopic (exact) mass is 328 g/mol. The van der Waals surface area contributed by atoms with Crippen LogP contribution in [0.2, 0.25) is 0 Å². The lowest BCUT2D eigenvalue weighted by Gasteiger charge is -2.14. The fourth-order valence-electron chi connectivity index (χ4n) is 1.81. The number of halogens is 1. The molecule has 20 heavy (non-hydrogen) atoms. The second kappa shape index (κ2) is 6.36. The third-order valence-electron chi connectivity index (χ3n) is 2.99. The molecule has 1 N–H and O–H groups in total. The number of hydrogen-bond donors (Lipinski definition) is 1. The van der Waals surface area contributed by atoms with Gasteiger partial charge in [-0.05, 0) is 48.9 Å². The van der Waals surface area contributed by atoms with Crippen molar-refractivity contribution >= 4 is 21.8 Å². The van der Waals surface area contributed by atoms with E-state index in [2.05, 4.69) is 21.2 Å². The minimum atomic E-state index is -0.148. The van der Waals surface area contributed by atoms with Crippen LogP contribution in [0, 0.1) is 11.3 Å². The summed E-state index contributed by atoms with van der Waals surface area (Å²) in [5.41, 5.74) is 2.13. The number of amides is 1. The lowest BCUT2D eigenvalue weighted by atomic mass is 10.1. The van der Waals surface area contributed by atoms with Crippen LogP contribution in [-0.4, -0.2) is 5.91 Å². The molecule has 1 atom stereocenters. The highest BCUT2D eigenvalue weighted by molar-refractivity contribution is 9.10. The maximum Gasteiger partial charge on any atom is 0.251 e. The van der Waals surface area contributed by atoms with E-state index >= 15 is 0 Å². The minimum absolute atomic E-state index is 0.0776. The molecule has 0 saturated carbocycles. The number of nitriles is 1. The Balaban J connectivity index is 2.06. The van der Waals surface area contributed by atoms with Gasteiger partial charge in [-0.1, -0.05) is 28.1 Å². The maximum atomic E-state index is 12.1. The van der Waals surface area contributed by atoms with E-state index < -0.39 is 0 Å². The zero-order chi connectivity index (χ0) is 14.5. The van der Waals surface area contributed by atoms with Crippen molar-refractivity contribution in [1.82, 2.24) is 5.32 Å². The molecule has 2 aromatic carbocycles. The number of rotatable bonds is 3. The Morgan fingerprint density at radius 3 is 2.30 bits per heavy atom. The van der Waals surface area contributed by atoms with Crippen molar-refractivity contribution in [2.75, 3.05) is 0 Å². The van der Waals surface area contributed by atoms with Gasteiger partial charge in [0.25, 0.3) is 5.91 Å². The first-order valence-electron chi connectivity index (χ1n) is 6.16. The molecule has 3 nitrogen and oxygen atoms in total. The summed E-state index contributed by atoms with van der Waals surface area (Å²) in [5.74, 6) is -0.148. The van der Waals surface area contributed by atoms with Gasteiger partial charge < -0.3 is 5.32 Å². The summed E-state index contributed by atoms with van der Waals surface area (Å²) in [6, 6.07) is 16.4. The Labute approximate surface area is 126 Å². The van der Waals surface area contributed by atoms with Gasteiger partial charge >= 0.3 is 0 Å². The predicted molar refractivity (Wildman–Crippen MR) is 81.2 cm³/mol. The van der Waals surface area contributed by atoms with Gasteiger partial charge in [-0.15, -0.1) is 0 Å².